The smallest absolute Gasteiger partial charge is 0.271 e. The van der Waals surface area contributed by atoms with E-state index >= 15 is 0 Å². The number of carbonyl (C=O) groups excluding carboxylic acids is 2. The van der Waals surface area contributed by atoms with Crippen LogP contribution in [0.5, 0.6) is 0 Å². The number of rotatable bonds is 2. The van der Waals surface area contributed by atoms with E-state index in [1.165, 1.54) is 0 Å². The van der Waals surface area contributed by atoms with Gasteiger partial charge in [-0.2, -0.15) is 0 Å². The molecule has 2 heterocycles. The van der Waals surface area contributed by atoms with Gasteiger partial charge in [0.1, 0.15) is 11.7 Å². The summed E-state index contributed by atoms with van der Waals surface area (Å²) in [4.78, 5) is 28.5. The molecule has 0 bridgehead atoms. The summed E-state index contributed by atoms with van der Waals surface area (Å²) in [6.07, 6.45) is 1.70. The maximum Gasteiger partial charge on any atom is 0.271 e. The van der Waals surface area contributed by atoms with Crippen molar-refractivity contribution in [2.45, 2.75) is 6.04 Å². The quantitative estimate of drug-likeness (QED) is 0.715. The fraction of sp³-hybridized carbons (Fsp3) is 0.455. The monoisotopic (exact) mass is 314 g/mol. The van der Waals surface area contributed by atoms with Crippen molar-refractivity contribution in [3.8, 4) is 0 Å². The van der Waals surface area contributed by atoms with Crippen molar-refractivity contribution in [3.05, 3.63) is 22.4 Å². The second-order valence-corrected chi connectivity index (χ2v) is 4.98. The first-order valence-corrected chi connectivity index (χ1v) is 6.50. The molecule has 2 rings (SSSR count). The van der Waals surface area contributed by atoms with E-state index in [4.69, 9.17) is 0 Å². The second kappa shape index (κ2) is 5.53. The lowest BCUT2D eigenvalue weighted by atomic mass is 10.1. The summed E-state index contributed by atoms with van der Waals surface area (Å²) >= 11 is 3.29. The molecule has 0 spiro atoms. The van der Waals surface area contributed by atoms with E-state index < -0.39 is 6.04 Å². The molecule has 1 aliphatic rings. The van der Waals surface area contributed by atoms with Gasteiger partial charge in [0.25, 0.3) is 5.91 Å². The third-order valence-electron chi connectivity index (χ3n) is 2.93. The lowest BCUT2D eigenvalue weighted by molar-refractivity contribution is -0.125. The molecule has 1 fully saturated rings. The Kier molecular flexibility index (Phi) is 4.03. The Labute approximate surface area is 113 Å². The molecule has 1 aromatic heterocycles. The number of nitrogens with zero attached hydrogens (tertiary/aromatic N) is 1. The Morgan fingerprint density at radius 2 is 2.33 bits per heavy atom. The van der Waals surface area contributed by atoms with Crippen LogP contribution in [0.25, 0.3) is 0 Å². The average molecular weight is 315 g/mol. The summed E-state index contributed by atoms with van der Waals surface area (Å²) in [5, 5.41) is 5.70. The standard InChI is InChI=1S/C11H15BrN4O2/c1-13-10(17)9-6-14-2-3-16(9)11(18)8-4-7(12)5-15-8/h4-5,9,14-15H,2-3,6H2,1H3,(H,13,17). The number of H-pyrrole nitrogens is 1. The van der Waals surface area contributed by atoms with E-state index in [1.807, 2.05) is 0 Å². The fourth-order valence-corrected chi connectivity index (χ4v) is 2.34. The molecule has 18 heavy (non-hydrogen) atoms. The maximum atomic E-state index is 12.3. The molecule has 0 aromatic carbocycles. The zero-order valence-electron chi connectivity index (χ0n) is 10.00. The first-order chi connectivity index (χ1) is 8.63. The van der Waals surface area contributed by atoms with Crippen molar-refractivity contribution in [3.63, 3.8) is 0 Å². The van der Waals surface area contributed by atoms with E-state index in [0.29, 0.717) is 25.3 Å². The SMILES string of the molecule is CNC(=O)C1CNCCN1C(=O)c1cc(Br)c[nH]1. The number of carbonyl (C=O) groups is 2. The highest BCUT2D eigenvalue weighted by atomic mass is 79.9. The van der Waals surface area contributed by atoms with Crippen LogP contribution in [0, 0.1) is 0 Å². The number of piperazine rings is 1. The molecule has 98 valence electrons. The zero-order valence-corrected chi connectivity index (χ0v) is 11.6. The van der Waals surface area contributed by atoms with E-state index in [9.17, 15) is 9.59 Å². The highest BCUT2D eigenvalue weighted by Crippen LogP contribution is 2.15. The molecule has 1 atom stereocenters. The van der Waals surface area contributed by atoms with Gasteiger partial charge in [0.15, 0.2) is 0 Å². The first kappa shape index (κ1) is 13.1. The number of halogens is 1. The molecular weight excluding hydrogens is 300 g/mol. The van der Waals surface area contributed by atoms with Crippen molar-refractivity contribution in [2.24, 2.45) is 0 Å². The van der Waals surface area contributed by atoms with Crippen molar-refractivity contribution < 1.29 is 9.59 Å². The lowest BCUT2D eigenvalue weighted by Gasteiger charge is -2.34. The maximum absolute atomic E-state index is 12.3. The number of nitrogens with one attached hydrogen (secondary N) is 3. The van der Waals surface area contributed by atoms with Gasteiger partial charge in [0, 0.05) is 37.4 Å². The van der Waals surface area contributed by atoms with Crippen LogP contribution in [0.15, 0.2) is 16.7 Å². The van der Waals surface area contributed by atoms with Crippen molar-refractivity contribution in [1.82, 2.24) is 20.5 Å². The number of likely N-dealkylation sites (N-methyl/N-ethyl adjacent to an activating group) is 1. The molecule has 0 saturated carbocycles. The van der Waals surface area contributed by atoms with E-state index in [-0.39, 0.29) is 11.8 Å². The molecular formula is C11H15BrN4O2. The van der Waals surface area contributed by atoms with Gasteiger partial charge in [0.05, 0.1) is 0 Å². The molecule has 7 heteroatoms. The van der Waals surface area contributed by atoms with Crippen LogP contribution in [0.1, 0.15) is 10.5 Å². The summed E-state index contributed by atoms with van der Waals surface area (Å²) in [5.74, 6) is -0.308. The Bertz CT molecular complexity index is 460. The summed E-state index contributed by atoms with van der Waals surface area (Å²) in [5.41, 5.74) is 0.484. The second-order valence-electron chi connectivity index (χ2n) is 4.06. The summed E-state index contributed by atoms with van der Waals surface area (Å²) < 4.78 is 0.817. The molecule has 1 unspecified atom stereocenters. The first-order valence-electron chi connectivity index (χ1n) is 5.70. The van der Waals surface area contributed by atoms with Crippen molar-refractivity contribution in [2.75, 3.05) is 26.7 Å². The summed E-state index contributed by atoms with van der Waals surface area (Å²) in [6.45, 7) is 1.70. The number of amides is 2. The molecule has 0 radical (unpaired) electrons. The van der Waals surface area contributed by atoms with Crippen LogP contribution < -0.4 is 10.6 Å². The lowest BCUT2D eigenvalue weighted by Crippen LogP contribution is -2.59. The van der Waals surface area contributed by atoms with Gasteiger partial charge in [-0.15, -0.1) is 0 Å². The largest absolute Gasteiger partial charge is 0.357 e. The number of hydrogen-bond acceptors (Lipinski definition) is 3. The Morgan fingerprint density at radius 1 is 1.56 bits per heavy atom. The molecule has 1 saturated heterocycles. The zero-order chi connectivity index (χ0) is 13.1. The third-order valence-corrected chi connectivity index (χ3v) is 3.39. The highest BCUT2D eigenvalue weighted by Gasteiger charge is 2.32. The molecule has 3 N–H and O–H groups in total. The van der Waals surface area contributed by atoms with Gasteiger partial charge in [-0.1, -0.05) is 0 Å². The van der Waals surface area contributed by atoms with Crippen LogP contribution in [-0.2, 0) is 4.79 Å². The van der Waals surface area contributed by atoms with Crippen molar-refractivity contribution in [1.29, 1.82) is 0 Å². The van der Waals surface area contributed by atoms with Crippen LogP contribution in [-0.4, -0.2) is 54.4 Å². The third kappa shape index (κ3) is 2.56. The Morgan fingerprint density at radius 3 is 2.94 bits per heavy atom. The molecule has 0 aliphatic carbocycles. The number of aromatic amines is 1. The number of aromatic nitrogens is 1. The van der Waals surface area contributed by atoms with Gasteiger partial charge < -0.3 is 20.5 Å². The van der Waals surface area contributed by atoms with Crippen molar-refractivity contribution >= 4 is 27.7 Å². The average Bonchev–Trinajstić information content (AvgIpc) is 2.83. The normalized spacial score (nSPS) is 19.7. The summed E-state index contributed by atoms with van der Waals surface area (Å²) in [6, 6.07) is 1.25. The fourth-order valence-electron chi connectivity index (χ4n) is 1.99. The van der Waals surface area contributed by atoms with Crippen LogP contribution in [0.3, 0.4) is 0 Å². The molecule has 6 nitrogen and oxygen atoms in total. The van der Waals surface area contributed by atoms with Crippen LogP contribution in [0.2, 0.25) is 0 Å². The van der Waals surface area contributed by atoms with E-state index in [0.717, 1.165) is 4.47 Å². The predicted octanol–water partition coefficient (Wildman–Crippen LogP) is -0.0628. The predicted molar refractivity (Wildman–Crippen MR) is 70.3 cm³/mol. The van der Waals surface area contributed by atoms with E-state index in [1.54, 1.807) is 24.2 Å². The van der Waals surface area contributed by atoms with Gasteiger partial charge in [-0.3, -0.25) is 9.59 Å². The molecule has 2 amide bonds. The van der Waals surface area contributed by atoms with Crippen LogP contribution in [0.4, 0.5) is 0 Å². The topological polar surface area (TPSA) is 77.2 Å². The van der Waals surface area contributed by atoms with Gasteiger partial charge in [-0.25, -0.2) is 0 Å². The van der Waals surface area contributed by atoms with Gasteiger partial charge in [-0.05, 0) is 22.0 Å². The van der Waals surface area contributed by atoms with E-state index in [2.05, 4.69) is 31.5 Å². The van der Waals surface area contributed by atoms with Gasteiger partial charge in [0.2, 0.25) is 5.91 Å². The van der Waals surface area contributed by atoms with Gasteiger partial charge >= 0.3 is 0 Å². The minimum Gasteiger partial charge on any atom is -0.357 e. The number of hydrogen-bond donors (Lipinski definition) is 3. The highest BCUT2D eigenvalue weighted by molar-refractivity contribution is 9.10. The molecule has 1 aromatic rings. The minimum atomic E-state index is -0.460. The minimum absolute atomic E-state index is 0.152. The summed E-state index contributed by atoms with van der Waals surface area (Å²) in [7, 11) is 1.57. The Balaban J connectivity index is 2.18. The Hall–Kier alpha value is -1.34. The van der Waals surface area contributed by atoms with Crippen LogP contribution >= 0.6 is 15.9 Å². The molecule has 1 aliphatic heterocycles.